The summed E-state index contributed by atoms with van der Waals surface area (Å²) < 4.78 is 0. The Morgan fingerprint density at radius 2 is 1.76 bits per heavy atom. The Kier molecular flexibility index (Phi) is 5.33. The second-order valence-electron chi connectivity index (χ2n) is 7.10. The second-order valence-corrected chi connectivity index (χ2v) is 7.96. The molecule has 3 amide bonds. The predicted octanol–water partition coefficient (Wildman–Crippen LogP) is 3.45. The van der Waals surface area contributed by atoms with E-state index in [1.165, 1.54) is 16.2 Å². The van der Waals surface area contributed by atoms with Gasteiger partial charge in [0.05, 0.1) is 11.4 Å². The average Bonchev–Trinajstić information content (AvgIpc) is 3.35. The standard InChI is InChI=1S/C23H16N6O3S/c30-19-12-29(18-5-2-1-4-16(18)27-19)23(32)14-6-8-15(9-7-14)26-21(31)17-13-33-22(28-17)20-24-10-3-11-25-20/h1-11,13H,12H2,(H,26,31)(H,27,30). The van der Waals surface area contributed by atoms with Gasteiger partial charge in [-0.1, -0.05) is 12.1 Å². The monoisotopic (exact) mass is 456 g/mol. The zero-order valence-electron chi connectivity index (χ0n) is 17.1. The number of hydrogen-bond acceptors (Lipinski definition) is 7. The van der Waals surface area contributed by atoms with E-state index in [4.69, 9.17) is 0 Å². The first kappa shape index (κ1) is 20.5. The molecule has 1 aliphatic rings. The van der Waals surface area contributed by atoms with Gasteiger partial charge in [-0.15, -0.1) is 11.3 Å². The Labute approximate surface area is 192 Å². The molecule has 0 saturated carbocycles. The molecule has 0 saturated heterocycles. The number of amides is 3. The van der Waals surface area contributed by atoms with Gasteiger partial charge in [0.15, 0.2) is 10.8 Å². The van der Waals surface area contributed by atoms with Gasteiger partial charge in [-0.3, -0.25) is 19.3 Å². The third kappa shape index (κ3) is 4.19. The van der Waals surface area contributed by atoms with E-state index in [2.05, 4.69) is 25.6 Å². The Hall–Kier alpha value is -4.44. The summed E-state index contributed by atoms with van der Waals surface area (Å²) in [6.45, 7) is -0.0639. The highest BCUT2D eigenvalue weighted by Crippen LogP contribution is 2.30. The van der Waals surface area contributed by atoms with Crippen LogP contribution in [0.3, 0.4) is 0 Å². The molecule has 0 fully saturated rings. The molecule has 0 atom stereocenters. The fourth-order valence-corrected chi connectivity index (χ4v) is 4.10. The van der Waals surface area contributed by atoms with E-state index < -0.39 is 0 Å². The summed E-state index contributed by atoms with van der Waals surface area (Å²) in [7, 11) is 0. The fourth-order valence-electron chi connectivity index (χ4n) is 3.35. The molecule has 10 heteroatoms. The van der Waals surface area contributed by atoms with Gasteiger partial charge in [0.2, 0.25) is 5.91 Å². The highest BCUT2D eigenvalue weighted by atomic mass is 32.1. The summed E-state index contributed by atoms with van der Waals surface area (Å²) in [4.78, 5) is 51.6. The molecule has 162 valence electrons. The van der Waals surface area contributed by atoms with Crippen LogP contribution in [-0.2, 0) is 4.79 Å². The number of thiazole rings is 1. The number of nitrogens with one attached hydrogen (secondary N) is 2. The molecule has 0 radical (unpaired) electrons. The molecule has 1 aliphatic heterocycles. The minimum absolute atomic E-state index is 0.0639. The highest BCUT2D eigenvalue weighted by Gasteiger charge is 2.27. The molecule has 5 rings (SSSR count). The summed E-state index contributed by atoms with van der Waals surface area (Å²) in [6.07, 6.45) is 3.22. The molecule has 3 heterocycles. The minimum Gasteiger partial charge on any atom is -0.323 e. The number of para-hydroxylation sites is 2. The second kappa shape index (κ2) is 8.60. The number of carbonyl (C=O) groups is 3. The molecule has 4 aromatic rings. The number of aromatic nitrogens is 3. The first-order chi connectivity index (χ1) is 16.1. The highest BCUT2D eigenvalue weighted by molar-refractivity contribution is 7.13. The van der Waals surface area contributed by atoms with Crippen molar-refractivity contribution in [3.63, 3.8) is 0 Å². The third-order valence-electron chi connectivity index (χ3n) is 4.90. The summed E-state index contributed by atoms with van der Waals surface area (Å²) in [5.74, 6) is -0.483. The van der Waals surface area contributed by atoms with Crippen molar-refractivity contribution in [3.8, 4) is 10.8 Å². The van der Waals surface area contributed by atoms with Crippen LogP contribution in [0.25, 0.3) is 10.8 Å². The van der Waals surface area contributed by atoms with Crippen molar-refractivity contribution < 1.29 is 14.4 Å². The molecule has 0 aliphatic carbocycles. The topological polar surface area (TPSA) is 117 Å². The summed E-state index contributed by atoms with van der Waals surface area (Å²) in [6, 6.07) is 15.3. The predicted molar refractivity (Wildman–Crippen MR) is 124 cm³/mol. The van der Waals surface area contributed by atoms with Crippen molar-refractivity contribution >= 4 is 46.1 Å². The van der Waals surface area contributed by atoms with Crippen molar-refractivity contribution in [2.24, 2.45) is 0 Å². The summed E-state index contributed by atoms with van der Waals surface area (Å²) >= 11 is 1.28. The van der Waals surface area contributed by atoms with Gasteiger partial charge < -0.3 is 10.6 Å². The van der Waals surface area contributed by atoms with Crippen LogP contribution in [0, 0.1) is 0 Å². The van der Waals surface area contributed by atoms with Crippen LogP contribution in [0.2, 0.25) is 0 Å². The number of benzene rings is 2. The van der Waals surface area contributed by atoms with Crippen LogP contribution < -0.4 is 15.5 Å². The smallest absolute Gasteiger partial charge is 0.275 e. The lowest BCUT2D eigenvalue weighted by Crippen LogP contribution is -2.42. The number of fused-ring (bicyclic) bond motifs is 1. The number of carbonyl (C=O) groups excluding carboxylic acids is 3. The van der Waals surface area contributed by atoms with Crippen LogP contribution in [0.4, 0.5) is 17.1 Å². The van der Waals surface area contributed by atoms with Crippen LogP contribution in [0.1, 0.15) is 20.8 Å². The summed E-state index contributed by atoms with van der Waals surface area (Å²) in [5, 5.41) is 7.71. The largest absolute Gasteiger partial charge is 0.323 e. The van der Waals surface area contributed by atoms with Gasteiger partial charge in [0, 0.05) is 29.0 Å². The fraction of sp³-hybridized carbons (Fsp3) is 0.0435. The number of nitrogens with zero attached hydrogens (tertiary/aromatic N) is 4. The molecule has 0 unspecified atom stereocenters. The lowest BCUT2D eigenvalue weighted by atomic mass is 10.1. The van der Waals surface area contributed by atoms with Crippen molar-refractivity contribution in [1.82, 2.24) is 15.0 Å². The van der Waals surface area contributed by atoms with E-state index in [-0.39, 0.29) is 30.0 Å². The van der Waals surface area contributed by atoms with Gasteiger partial charge in [-0.2, -0.15) is 0 Å². The number of rotatable bonds is 4. The van der Waals surface area contributed by atoms with Crippen LogP contribution in [0.15, 0.2) is 72.4 Å². The van der Waals surface area contributed by atoms with E-state index in [9.17, 15) is 14.4 Å². The van der Waals surface area contributed by atoms with Crippen LogP contribution in [-0.4, -0.2) is 39.2 Å². The SMILES string of the molecule is O=C1CN(C(=O)c2ccc(NC(=O)c3csc(-c4ncccn4)n3)cc2)c2ccccc2N1. The van der Waals surface area contributed by atoms with E-state index in [0.717, 1.165) is 0 Å². The number of anilines is 3. The van der Waals surface area contributed by atoms with Crippen molar-refractivity contribution in [3.05, 3.63) is 83.6 Å². The first-order valence-corrected chi connectivity index (χ1v) is 10.8. The maximum Gasteiger partial charge on any atom is 0.275 e. The molecule has 2 aromatic heterocycles. The van der Waals surface area contributed by atoms with Gasteiger partial charge in [-0.05, 0) is 42.5 Å². The molecule has 33 heavy (non-hydrogen) atoms. The van der Waals surface area contributed by atoms with Gasteiger partial charge in [0.1, 0.15) is 12.2 Å². The van der Waals surface area contributed by atoms with E-state index in [1.807, 2.05) is 6.07 Å². The third-order valence-corrected chi connectivity index (χ3v) is 5.74. The Morgan fingerprint density at radius 1 is 1.00 bits per heavy atom. The van der Waals surface area contributed by atoms with Crippen molar-refractivity contribution in [2.45, 2.75) is 0 Å². The molecular weight excluding hydrogens is 440 g/mol. The van der Waals surface area contributed by atoms with Gasteiger partial charge in [0.25, 0.3) is 11.8 Å². The molecule has 0 spiro atoms. The van der Waals surface area contributed by atoms with Crippen molar-refractivity contribution in [2.75, 3.05) is 22.1 Å². The van der Waals surface area contributed by atoms with E-state index in [0.29, 0.717) is 33.5 Å². The number of hydrogen-bond donors (Lipinski definition) is 2. The van der Waals surface area contributed by atoms with E-state index >= 15 is 0 Å². The maximum absolute atomic E-state index is 13.0. The van der Waals surface area contributed by atoms with E-state index in [1.54, 1.807) is 66.3 Å². The lowest BCUT2D eigenvalue weighted by molar-refractivity contribution is -0.115. The van der Waals surface area contributed by atoms with Gasteiger partial charge in [-0.25, -0.2) is 15.0 Å². The Morgan fingerprint density at radius 3 is 2.55 bits per heavy atom. The zero-order chi connectivity index (χ0) is 22.8. The maximum atomic E-state index is 13.0. The molecule has 2 aromatic carbocycles. The Bertz CT molecular complexity index is 1350. The molecule has 0 bridgehead atoms. The Balaban J connectivity index is 1.29. The lowest BCUT2D eigenvalue weighted by Gasteiger charge is -2.29. The molecule has 2 N–H and O–H groups in total. The van der Waals surface area contributed by atoms with Crippen LogP contribution >= 0.6 is 11.3 Å². The normalized spacial score (nSPS) is 12.6. The minimum atomic E-state index is -0.380. The molecule has 9 nitrogen and oxygen atoms in total. The first-order valence-electron chi connectivity index (χ1n) is 9.93. The molecular formula is C23H16N6O3S. The van der Waals surface area contributed by atoms with Crippen molar-refractivity contribution in [1.29, 1.82) is 0 Å². The van der Waals surface area contributed by atoms with Gasteiger partial charge >= 0.3 is 0 Å². The zero-order valence-corrected chi connectivity index (χ0v) is 17.9. The average molecular weight is 456 g/mol. The van der Waals surface area contributed by atoms with Crippen LogP contribution in [0.5, 0.6) is 0 Å². The summed E-state index contributed by atoms with van der Waals surface area (Å²) in [5.41, 5.74) is 2.39. The quantitative estimate of drug-likeness (QED) is 0.486.